The third kappa shape index (κ3) is 7.00. The molecule has 1 fully saturated rings. The van der Waals surface area contributed by atoms with E-state index >= 15 is 0 Å². The van der Waals surface area contributed by atoms with Gasteiger partial charge in [-0.05, 0) is 42.0 Å². The SMILES string of the molecule is COc1ccc([C@@H]2CC(c3ccccc3F)=NN2C(=O)CN(CCN2CCOCC2)C(=O)c2cccc(F)c2)cc1OC. The maximum atomic E-state index is 14.8. The fraction of sp³-hybridized carbons (Fsp3) is 0.344. The Labute approximate surface area is 249 Å². The van der Waals surface area contributed by atoms with E-state index in [1.54, 1.807) is 36.4 Å². The molecule has 0 aromatic heterocycles. The number of benzene rings is 3. The summed E-state index contributed by atoms with van der Waals surface area (Å²) in [4.78, 5) is 31.1. The average Bonchev–Trinajstić information content (AvgIpc) is 3.48. The molecule has 2 aliphatic heterocycles. The fourth-order valence-electron chi connectivity index (χ4n) is 5.30. The number of halogens is 2. The van der Waals surface area contributed by atoms with Crippen molar-refractivity contribution < 1.29 is 32.6 Å². The van der Waals surface area contributed by atoms with Crippen molar-refractivity contribution in [1.82, 2.24) is 14.8 Å². The quantitative estimate of drug-likeness (QED) is 0.352. The van der Waals surface area contributed by atoms with Crippen LogP contribution in [-0.4, -0.2) is 92.5 Å². The number of rotatable bonds is 10. The van der Waals surface area contributed by atoms with Crippen molar-refractivity contribution in [3.8, 4) is 11.5 Å². The summed E-state index contributed by atoms with van der Waals surface area (Å²) in [6, 6.07) is 16.4. The van der Waals surface area contributed by atoms with Crippen LogP contribution in [-0.2, 0) is 9.53 Å². The molecule has 3 aromatic rings. The lowest BCUT2D eigenvalue weighted by Gasteiger charge is -2.31. The molecule has 1 saturated heterocycles. The molecule has 1 atom stereocenters. The maximum absolute atomic E-state index is 14.8. The number of morpholine rings is 1. The first-order valence-electron chi connectivity index (χ1n) is 14.1. The summed E-state index contributed by atoms with van der Waals surface area (Å²) in [5.74, 6) is -0.931. The second-order valence-corrected chi connectivity index (χ2v) is 10.3. The van der Waals surface area contributed by atoms with E-state index in [0.29, 0.717) is 61.2 Å². The zero-order chi connectivity index (χ0) is 30.3. The molecule has 2 amide bonds. The smallest absolute Gasteiger partial charge is 0.262 e. The molecule has 0 N–H and O–H groups in total. The third-order valence-electron chi connectivity index (χ3n) is 7.62. The molecule has 0 aliphatic carbocycles. The molecule has 2 aliphatic rings. The van der Waals surface area contributed by atoms with Crippen molar-refractivity contribution in [2.45, 2.75) is 12.5 Å². The van der Waals surface area contributed by atoms with Gasteiger partial charge in [0.15, 0.2) is 11.5 Å². The minimum absolute atomic E-state index is 0.142. The van der Waals surface area contributed by atoms with E-state index in [4.69, 9.17) is 14.2 Å². The third-order valence-corrected chi connectivity index (χ3v) is 7.62. The van der Waals surface area contributed by atoms with Crippen molar-refractivity contribution >= 4 is 17.5 Å². The predicted molar refractivity (Wildman–Crippen MR) is 156 cm³/mol. The van der Waals surface area contributed by atoms with Gasteiger partial charge >= 0.3 is 0 Å². The minimum Gasteiger partial charge on any atom is -0.493 e. The van der Waals surface area contributed by atoms with Crippen molar-refractivity contribution in [2.75, 3.05) is 60.2 Å². The minimum atomic E-state index is -0.590. The summed E-state index contributed by atoms with van der Waals surface area (Å²) in [6.07, 6.45) is 0.244. The Balaban J connectivity index is 1.45. The Hall–Kier alpha value is -4.35. The molecule has 11 heteroatoms. The van der Waals surface area contributed by atoms with Crippen LogP contribution in [0.3, 0.4) is 0 Å². The van der Waals surface area contributed by atoms with Gasteiger partial charge in [0.05, 0.1) is 39.2 Å². The van der Waals surface area contributed by atoms with Gasteiger partial charge in [-0.3, -0.25) is 14.5 Å². The van der Waals surface area contributed by atoms with E-state index in [1.807, 2.05) is 0 Å². The summed E-state index contributed by atoms with van der Waals surface area (Å²) in [7, 11) is 3.05. The van der Waals surface area contributed by atoms with Crippen molar-refractivity contribution in [3.63, 3.8) is 0 Å². The van der Waals surface area contributed by atoms with Gasteiger partial charge < -0.3 is 19.1 Å². The van der Waals surface area contributed by atoms with Crippen LogP contribution in [0.15, 0.2) is 71.8 Å². The first-order valence-corrected chi connectivity index (χ1v) is 14.1. The number of nitrogens with zero attached hydrogens (tertiary/aromatic N) is 4. The number of carbonyl (C=O) groups is 2. The van der Waals surface area contributed by atoms with E-state index in [1.165, 1.54) is 48.4 Å². The van der Waals surface area contributed by atoms with Crippen molar-refractivity contribution in [1.29, 1.82) is 0 Å². The molecule has 0 unspecified atom stereocenters. The Morgan fingerprint density at radius 2 is 1.74 bits per heavy atom. The van der Waals surface area contributed by atoms with Gasteiger partial charge in [0.1, 0.15) is 18.2 Å². The molecule has 0 spiro atoms. The normalized spacial score (nSPS) is 17.0. The van der Waals surface area contributed by atoms with Crippen LogP contribution < -0.4 is 9.47 Å². The standard InChI is InChI=1S/C32H34F2N4O5/c1-41-29-11-10-22(19-30(29)42-2)28-20-27(25-8-3-4-9-26(25)34)35-38(28)31(39)21-37(13-12-36-14-16-43-17-15-36)32(40)23-6-5-7-24(33)18-23/h3-11,18-19,28H,12-17,20-21H2,1-2H3/t28-/m0/s1. The lowest BCUT2D eigenvalue weighted by molar-refractivity contribution is -0.133. The van der Waals surface area contributed by atoms with E-state index in [-0.39, 0.29) is 25.1 Å². The fourth-order valence-corrected chi connectivity index (χ4v) is 5.30. The van der Waals surface area contributed by atoms with Gasteiger partial charge in [-0.15, -0.1) is 0 Å². The molecule has 226 valence electrons. The van der Waals surface area contributed by atoms with Crippen LogP contribution in [0, 0.1) is 11.6 Å². The summed E-state index contributed by atoms with van der Waals surface area (Å²) in [6.45, 7) is 3.04. The topological polar surface area (TPSA) is 83.9 Å². The zero-order valence-corrected chi connectivity index (χ0v) is 24.2. The van der Waals surface area contributed by atoms with Gasteiger partial charge in [-0.25, -0.2) is 13.8 Å². The molecule has 9 nitrogen and oxygen atoms in total. The number of amides is 2. The lowest BCUT2D eigenvalue weighted by Crippen LogP contribution is -2.46. The number of hydrogen-bond acceptors (Lipinski definition) is 7. The first kappa shape index (κ1) is 30.1. The summed E-state index contributed by atoms with van der Waals surface area (Å²) in [5.41, 5.74) is 1.55. The molecule has 2 heterocycles. The highest BCUT2D eigenvalue weighted by molar-refractivity contribution is 6.04. The molecule has 3 aromatic carbocycles. The molecule has 43 heavy (non-hydrogen) atoms. The van der Waals surface area contributed by atoms with Crippen LogP contribution in [0.1, 0.15) is 33.9 Å². The van der Waals surface area contributed by atoms with Crippen LogP contribution in [0.5, 0.6) is 11.5 Å². The Morgan fingerprint density at radius 3 is 2.47 bits per heavy atom. The van der Waals surface area contributed by atoms with Gasteiger partial charge in [0, 0.05) is 43.7 Å². The van der Waals surface area contributed by atoms with E-state index in [9.17, 15) is 18.4 Å². The number of carbonyl (C=O) groups excluding carboxylic acids is 2. The van der Waals surface area contributed by atoms with Gasteiger partial charge in [-0.1, -0.05) is 30.3 Å². The van der Waals surface area contributed by atoms with Gasteiger partial charge in [-0.2, -0.15) is 5.10 Å². The number of methoxy groups -OCH3 is 2. The molecule has 0 bridgehead atoms. The number of hydrazone groups is 1. The van der Waals surface area contributed by atoms with Gasteiger partial charge in [0.25, 0.3) is 11.8 Å². The van der Waals surface area contributed by atoms with E-state index in [2.05, 4.69) is 10.0 Å². The number of hydrogen-bond donors (Lipinski definition) is 0. The molecule has 0 saturated carbocycles. The van der Waals surface area contributed by atoms with Crippen LogP contribution in [0.25, 0.3) is 0 Å². The van der Waals surface area contributed by atoms with Crippen LogP contribution in [0.4, 0.5) is 8.78 Å². The molecule has 0 radical (unpaired) electrons. The van der Waals surface area contributed by atoms with Crippen LogP contribution >= 0.6 is 0 Å². The van der Waals surface area contributed by atoms with Crippen molar-refractivity contribution in [2.24, 2.45) is 5.10 Å². The summed E-state index contributed by atoms with van der Waals surface area (Å²) >= 11 is 0. The number of ether oxygens (including phenoxy) is 3. The summed E-state index contributed by atoms with van der Waals surface area (Å²) < 4.78 is 45.1. The first-order chi connectivity index (χ1) is 20.9. The molecule has 5 rings (SSSR count). The second-order valence-electron chi connectivity index (χ2n) is 10.3. The van der Waals surface area contributed by atoms with E-state index < -0.39 is 29.5 Å². The van der Waals surface area contributed by atoms with Crippen molar-refractivity contribution in [3.05, 3.63) is 95.1 Å². The van der Waals surface area contributed by atoms with Crippen LogP contribution in [0.2, 0.25) is 0 Å². The van der Waals surface area contributed by atoms with E-state index in [0.717, 1.165) is 6.07 Å². The highest BCUT2D eigenvalue weighted by atomic mass is 19.1. The Morgan fingerprint density at radius 1 is 0.977 bits per heavy atom. The Bertz CT molecular complexity index is 1490. The molecular weight excluding hydrogens is 558 g/mol. The highest BCUT2D eigenvalue weighted by Gasteiger charge is 2.36. The predicted octanol–water partition coefficient (Wildman–Crippen LogP) is 4.13. The highest BCUT2D eigenvalue weighted by Crippen LogP contribution is 2.37. The summed E-state index contributed by atoms with van der Waals surface area (Å²) in [5, 5.41) is 5.90. The largest absolute Gasteiger partial charge is 0.493 e. The molecular formula is C32H34F2N4O5. The maximum Gasteiger partial charge on any atom is 0.262 e. The average molecular weight is 593 g/mol. The van der Waals surface area contributed by atoms with Gasteiger partial charge in [0.2, 0.25) is 0 Å². The second kappa shape index (κ2) is 13.7. The zero-order valence-electron chi connectivity index (χ0n) is 24.2. The lowest BCUT2D eigenvalue weighted by atomic mass is 9.97. The Kier molecular flexibility index (Phi) is 9.63. The monoisotopic (exact) mass is 592 g/mol.